The van der Waals surface area contributed by atoms with Crippen LogP contribution in [-0.2, 0) is 26.3 Å². The lowest BCUT2D eigenvalue weighted by Gasteiger charge is -2.23. The van der Waals surface area contributed by atoms with Crippen molar-refractivity contribution in [2.24, 2.45) is 0 Å². The first-order chi connectivity index (χ1) is 9.44. The van der Waals surface area contributed by atoms with Gasteiger partial charge in [0.25, 0.3) is 0 Å². The zero-order valence-corrected chi connectivity index (χ0v) is 13.4. The number of hydrogen-bond donors (Lipinski definition) is 1. The van der Waals surface area contributed by atoms with Crippen LogP contribution < -0.4 is 0 Å². The molecule has 0 unspecified atom stereocenters. The molecule has 1 aromatic heterocycles. The van der Waals surface area contributed by atoms with E-state index in [0.29, 0.717) is 11.3 Å². The van der Waals surface area contributed by atoms with Crippen LogP contribution in [0.3, 0.4) is 0 Å². The van der Waals surface area contributed by atoms with Gasteiger partial charge in [-0.25, -0.2) is 4.79 Å². The Morgan fingerprint density at radius 1 is 1.24 bits per heavy atom. The van der Waals surface area contributed by atoms with Crippen LogP contribution in [0.5, 0.6) is 0 Å². The Labute approximate surface area is 124 Å². The fourth-order valence-corrected chi connectivity index (χ4v) is 1.79. The third-order valence-electron chi connectivity index (χ3n) is 2.67. The van der Waals surface area contributed by atoms with Crippen LogP contribution in [0, 0.1) is 0 Å². The van der Waals surface area contributed by atoms with E-state index >= 15 is 0 Å². The lowest BCUT2D eigenvalue weighted by atomic mass is 10.0. The molecule has 0 bridgehead atoms. The van der Waals surface area contributed by atoms with Gasteiger partial charge in [-0.2, -0.15) is 0 Å². The Balaban J connectivity index is 3.17. The van der Waals surface area contributed by atoms with Crippen LogP contribution in [0.2, 0.25) is 0 Å². The number of methoxy groups -OCH3 is 1. The standard InChI is InChI=1S/C15H23NO5/c1-14(2,3)21-13(18)16-9-10(8-12(17)20-6)7-11(16)15(4,5)19/h7,9,19H,8H2,1-6H3. The highest BCUT2D eigenvalue weighted by Crippen LogP contribution is 2.24. The molecule has 0 atom stereocenters. The number of carbonyl (C=O) groups is 2. The maximum absolute atomic E-state index is 12.2. The van der Waals surface area contributed by atoms with Gasteiger partial charge in [0.15, 0.2) is 0 Å². The van der Waals surface area contributed by atoms with Crippen molar-refractivity contribution < 1.29 is 24.2 Å². The molecule has 0 aliphatic carbocycles. The molecule has 21 heavy (non-hydrogen) atoms. The summed E-state index contributed by atoms with van der Waals surface area (Å²) in [7, 11) is 1.30. The van der Waals surface area contributed by atoms with Gasteiger partial charge in [0.2, 0.25) is 0 Å². The van der Waals surface area contributed by atoms with E-state index in [1.165, 1.54) is 17.9 Å². The minimum absolute atomic E-state index is 0.0232. The normalized spacial score (nSPS) is 12.1. The third kappa shape index (κ3) is 4.90. The summed E-state index contributed by atoms with van der Waals surface area (Å²) in [5, 5.41) is 10.2. The molecule has 0 aliphatic heterocycles. The van der Waals surface area contributed by atoms with E-state index in [2.05, 4.69) is 4.74 Å². The van der Waals surface area contributed by atoms with Crippen LogP contribution in [0.15, 0.2) is 12.3 Å². The monoisotopic (exact) mass is 297 g/mol. The van der Waals surface area contributed by atoms with Gasteiger partial charge in [0.05, 0.1) is 24.8 Å². The van der Waals surface area contributed by atoms with Crippen LogP contribution in [0.4, 0.5) is 4.79 Å². The lowest BCUT2D eigenvalue weighted by Crippen LogP contribution is -2.30. The number of esters is 1. The number of aromatic nitrogens is 1. The average molecular weight is 297 g/mol. The van der Waals surface area contributed by atoms with E-state index in [-0.39, 0.29) is 6.42 Å². The Hall–Kier alpha value is -1.82. The second kappa shape index (κ2) is 5.89. The SMILES string of the molecule is COC(=O)Cc1cc(C(C)(C)O)n(C(=O)OC(C)(C)C)c1. The van der Waals surface area contributed by atoms with Gasteiger partial charge in [-0.05, 0) is 46.2 Å². The van der Waals surface area contributed by atoms with Crippen LogP contribution in [-0.4, -0.2) is 34.4 Å². The van der Waals surface area contributed by atoms with E-state index in [9.17, 15) is 14.7 Å². The first-order valence-electron chi connectivity index (χ1n) is 6.68. The van der Waals surface area contributed by atoms with Crippen molar-refractivity contribution in [2.75, 3.05) is 7.11 Å². The topological polar surface area (TPSA) is 77.8 Å². The highest BCUT2D eigenvalue weighted by atomic mass is 16.6. The maximum atomic E-state index is 12.2. The summed E-state index contributed by atoms with van der Waals surface area (Å²) >= 11 is 0. The fraction of sp³-hybridized carbons (Fsp3) is 0.600. The minimum Gasteiger partial charge on any atom is -0.469 e. The van der Waals surface area contributed by atoms with Crippen molar-refractivity contribution in [2.45, 2.75) is 52.2 Å². The average Bonchev–Trinajstić information content (AvgIpc) is 2.70. The van der Waals surface area contributed by atoms with Gasteiger partial charge < -0.3 is 14.6 Å². The second-order valence-electron chi connectivity index (χ2n) is 6.40. The quantitative estimate of drug-likeness (QED) is 0.865. The Morgan fingerprint density at radius 3 is 2.24 bits per heavy atom. The van der Waals surface area contributed by atoms with E-state index in [4.69, 9.17) is 4.74 Å². The molecule has 1 rings (SSSR count). The molecule has 0 aromatic carbocycles. The van der Waals surface area contributed by atoms with E-state index in [1.54, 1.807) is 40.7 Å². The highest BCUT2D eigenvalue weighted by molar-refractivity contribution is 5.75. The summed E-state index contributed by atoms with van der Waals surface area (Å²) in [6, 6.07) is 1.60. The second-order valence-corrected chi connectivity index (χ2v) is 6.40. The molecule has 118 valence electrons. The maximum Gasteiger partial charge on any atom is 0.418 e. The molecule has 0 radical (unpaired) electrons. The van der Waals surface area contributed by atoms with Crippen molar-refractivity contribution in [3.05, 3.63) is 23.5 Å². The van der Waals surface area contributed by atoms with Crippen LogP contribution in [0.25, 0.3) is 0 Å². The number of aliphatic hydroxyl groups is 1. The van der Waals surface area contributed by atoms with Crippen molar-refractivity contribution >= 4 is 12.1 Å². The Morgan fingerprint density at radius 2 is 1.81 bits per heavy atom. The molecule has 1 N–H and O–H groups in total. The number of ether oxygens (including phenoxy) is 2. The summed E-state index contributed by atoms with van der Waals surface area (Å²) in [6.07, 6.45) is 0.906. The molecule has 0 saturated carbocycles. The van der Waals surface area contributed by atoms with E-state index in [1.807, 2.05) is 0 Å². The predicted octanol–water partition coefficient (Wildman–Crippen LogP) is 2.21. The van der Waals surface area contributed by atoms with Crippen molar-refractivity contribution in [1.29, 1.82) is 0 Å². The van der Waals surface area contributed by atoms with Crippen molar-refractivity contribution in [1.82, 2.24) is 4.57 Å². The molecule has 0 aliphatic rings. The van der Waals surface area contributed by atoms with Gasteiger partial charge in [-0.15, -0.1) is 0 Å². The minimum atomic E-state index is -1.24. The van der Waals surface area contributed by atoms with Gasteiger partial charge in [0.1, 0.15) is 5.60 Å². The number of nitrogens with zero attached hydrogens (tertiary/aromatic N) is 1. The van der Waals surface area contributed by atoms with Crippen LogP contribution in [0.1, 0.15) is 45.9 Å². The molecular formula is C15H23NO5. The highest BCUT2D eigenvalue weighted by Gasteiger charge is 2.27. The smallest absolute Gasteiger partial charge is 0.418 e. The zero-order chi connectivity index (χ0) is 16.4. The van der Waals surface area contributed by atoms with E-state index < -0.39 is 23.3 Å². The third-order valence-corrected chi connectivity index (χ3v) is 2.67. The molecule has 0 saturated heterocycles. The van der Waals surface area contributed by atoms with Crippen molar-refractivity contribution in [3.63, 3.8) is 0 Å². The van der Waals surface area contributed by atoms with Crippen LogP contribution >= 0.6 is 0 Å². The van der Waals surface area contributed by atoms with E-state index in [0.717, 1.165) is 0 Å². The molecule has 6 heteroatoms. The lowest BCUT2D eigenvalue weighted by molar-refractivity contribution is -0.139. The molecule has 0 amide bonds. The first-order valence-corrected chi connectivity index (χ1v) is 6.68. The number of hydrogen-bond acceptors (Lipinski definition) is 5. The molecule has 6 nitrogen and oxygen atoms in total. The van der Waals surface area contributed by atoms with Gasteiger partial charge in [-0.3, -0.25) is 9.36 Å². The number of carbonyl (C=O) groups excluding carboxylic acids is 2. The molecule has 1 heterocycles. The number of rotatable bonds is 3. The van der Waals surface area contributed by atoms with Gasteiger partial charge >= 0.3 is 12.1 Å². The zero-order valence-electron chi connectivity index (χ0n) is 13.4. The molecule has 0 spiro atoms. The summed E-state index contributed by atoms with van der Waals surface area (Å²) in [5.41, 5.74) is -0.966. The summed E-state index contributed by atoms with van der Waals surface area (Å²) < 4.78 is 11.1. The molecule has 1 aromatic rings. The van der Waals surface area contributed by atoms with Gasteiger partial charge in [-0.1, -0.05) is 0 Å². The summed E-state index contributed by atoms with van der Waals surface area (Å²) in [6.45, 7) is 8.39. The molecular weight excluding hydrogens is 274 g/mol. The Kier molecular flexibility index (Phi) is 4.83. The summed E-state index contributed by atoms with van der Waals surface area (Å²) in [5.74, 6) is -0.418. The summed E-state index contributed by atoms with van der Waals surface area (Å²) in [4.78, 5) is 23.5. The molecule has 0 fully saturated rings. The predicted molar refractivity (Wildman–Crippen MR) is 77.0 cm³/mol. The van der Waals surface area contributed by atoms with Gasteiger partial charge in [0, 0.05) is 6.20 Å². The van der Waals surface area contributed by atoms with Crippen molar-refractivity contribution in [3.8, 4) is 0 Å². The fourth-order valence-electron chi connectivity index (χ4n) is 1.79. The Bertz CT molecular complexity index is 531. The first kappa shape index (κ1) is 17.2. The largest absolute Gasteiger partial charge is 0.469 e.